The molecule has 7 heteroatoms. The Morgan fingerprint density at radius 3 is 2.75 bits per heavy atom. The minimum Gasteiger partial charge on any atom is -0.384 e. The lowest BCUT2D eigenvalue weighted by atomic mass is 9.94. The predicted molar refractivity (Wildman–Crippen MR) is 94.0 cm³/mol. The molecular weight excluding hydrogens is 302 g/mol. The topological polar surface area (TPSA) is 96.6 Å². The van der Waals surface area contributed by atoms with Crippen molar-refractivity contribution in [1.82, 2.24) is 25.1 Å². The zero-order chi connectivity index (χ0) is 16.7. The molecule has 24 heavy (non-hydrogen) atoms. The predicted octanol–water partition coefficient (Wildman–Crippen LogP) is 2.33. The second-order valence-electron chi connectivity index (χ2n) is 6.48. The summed E-state index contributed by atoms with van der Waals surface area (Å²) in [6, 6.07) is 6.07. The van der Waals surface area contributed by atoms with Gasteiger partial charge in [0, 0.05) is 36.1 Å². The van der Waals surface area contributed by atoms with E-state index in [9.17, 15) is 0 Å². The third-order valence-corrected chi connectivity index (χ3v) is 4.56. The van der Waals surface area contributed by atoms with Gasteiger partial charge in [-0.15, -0.1) is 0 Å². The second-order valence-corrected chi connectivity index (χ2v) is 6.48. The number of aromatic amines is 1. The number of nitrogen functional groups attached to an aromatic ring is 1. The Kier molecular flexibility index (Phi) is 3.55. The molecule has 3 N–H and O–H groups in total. The number of fused-ring (bicyclic) bond motifs is 1. The number of rotatable bonds is 2. The number of H-pyrrole nitrogens is 1. The summed E-state index contributed by atoms with van der Waals surface area (Å²) in [7, 11) is 0. The Hall–Kier alpha value is -2.70. The number of hydrogen-bond acceptors (Lipinski definition) is 6. The molecule has 1 atom stereocenters. The van der Waals surface area contributed by atoms with Crippen LogP contribution in [0.1, 0.15) is 35.8 Å². The summed E-state index contributed by atoms with van der Waals surface area (Å²) in [5.74, 6) is 1.74. The molecule has 0 spiro atoms. The Balaban J connectivity index is 1.61. The molecule has 1 aliphatic heterocycles. The lowest BCUT2D eigenvalue weighted by molar-refractivity contribution is 0.495. The van der Waals surface area contributed by atoms with E-state index in [1.54, 1.807) is 0 Å². The van der Waals surface area contributed by atoms with Gasteiger partial charge in [-0.1, -0.05) is 0 Å². The van der Waals surface area contributed by atoms with Crippen LogP contribution in [0.2, 0.25) is 0 Å². The molecule has 7 nitrogen and oxygen atoms in total. The first-order chi connectivity index (χ1) is 11.6. The summed E-state index contributed by atoms with van der Waals surface area (Å²) in [6.07, 6.45) is 2.21. The van der Waals surface area contributed by atoms with Gasteiger partial charge in [-0.25, -0.2) is 15.0 Å². The molecule has 1 aliphatic rings. The second kappa shape index (κ2) is 5.74. The highest BCUT2D eigenvalue weighted by Crippen LogP contribution is 2.29. The lowest BCUT2D eigenvalue weighted by Crippen LogP contribution is -2.36. The third kappa shape index (κ3) is 2.66. The quantitative estimate of drug-likeness (QED) is 0.751. The number of aromatic nitrogens is 5. The maximum absolute atomic E-state index is 5.85. The summed E-state index contributed by atoms with van der Waals surface area (Å²) >= 11 is 0. The Morgan fingerprint density at radius 1 is 1.17 bits per heavy atom. The highest BCUT2D eigenvalue weighted by atomic mass is 15.3. The van der Waals surface area contributed by atoms with Crippen LogP contribution in [0, 0.1) is 13.8 Å². The van der Waals surface area contributed by atoms with Gasteiger partial charge in [-0.05, 0) is 44.9 Å². The van der Waals surface area contributed by atoms with E-state index in [4.69, 9.17) is 10.7 Å². The fraction of sp³-hybridized carbons (Fsp3) is 0.412. The molecule has 0 aromatic carbocycles. The molecule has 0 aliphatic carbocycles. The van der Waals surface area contributed by atoms with Gasteiger partial charge in [0.05, 0.1) is 5.39 Å². The zero-order valence-electron chi connectivity index (χ0n) is 14.0. The van der Waals surface area contributed by atoms with Crippen LogP contribution in [0.3, 0.4) is 0 Å². The third-order valence-electron chi connectivity index (χ3n) is 4.56. The van der Waals surface area contributed by atoms with Crippen molar-refractivity contribution in [2.75, 3.05) is 23.7 Å². The number of aryl methyl sites for hydroxylation is 2. The van der Waals surface area contributed by atoms with Crippen molar-refractivity contribution in [3.8, 4) is 0 Å². The molecular formula is C17H21N7. The van der Waals surface area contributed by atoms with Gasteiger partial charge < -0.3 is 10.6 Å². The number of pyridine rings is 1. The van der Waals surface area contributed by atoms with Gasteiger partial charge in [0.25, 0.3) is 0 Å². The van der Waals surface area contributed by atoms with Crippen LogP contribution in [-0.2, 0) is 0 Å². The molecule has 124 valence electrons. The van der Waals surface area contributed by atoms with Crippen LogP contribution in [0.4, 0.5) is 11.8 Å². The van der Waals surface area contributed by atoms with Crippen LogP contribution in [-0.4, -0.2) is 38.2 Å². The van der Waals surface area contributed by atoms with Crippen molar-refractivity contribution in [1.29, 1.82) is 0 Å². The molecule has 4 heterocycles. The monoisotopic (exact) mass is 323 g/mol. The Bertz CT molecular complexity index is 866. The van der Waals surface area contributed by atoms with E-state index < -0.39 is 0 Å². The van der Waals surface area contributed by atoms with Crippen molar-refractivity contribution in [2.24, 2.45) is 0 Å². The lowest BCUT2D eigenvalue weighted by Gasteiger charge is -2.32. The molecule has 1 saturated heterocycles. The smallest absolute Gasteiger partial charge is 0.225 e. The normalized spacial score (nSPS) is 18.2. The van der Waals surface area contributed by atoms with E-state index in [-0.39, 0.29) is 0 Å². The summed E-state index contributed by atoms with van der Waals surface area (Å²) in [6.45, 7) is 5.88. The SMILES string of the molecule is Cc1cc(C)nc(N2CCC[C@H](c3ccc4c(N)[nH]nc4n3)C2)n1. The van der Waals surface area contributed by atoms with E-state index in [0.717, 1.165) is 54.3 Å². The van der Waals surface area contributed by atoms with Crippen molar-refractivity contribution >= 4 is 22.8 Å². The van der Waals surface area contributed by atoms with Crippen LogP contribution >= 0.6 is 0 Å². The van der Waals surface area contributed by atoms with Crippen molar-refractivity contribution < 1.29 is 0 Å². The first-order valence-electron chi connectivity index (χ1n) is 8.28. The zero-order valence-corrected chi connectivity index (χ0v) is 14.0. The summed E-state index contributed by atoms with van der Waals surface area (Å²) in [5.41, 5.74) is 9.60. The molecule has 3 aromatic rings. The number of nitrogens with one attached hydrogen (secondary N) is 1. The minimum atomic E-state index is 0.352. The Morgan fingerprint density at radius 2 is 1.96 bits per heavy atom. The number of anilines is 2. The minimum absolute atomic E-state index is 0.352. The van der Waals surface area contributed by atoms with Crippen LogP contribution in [0.25, 0.3) is 11.0 Å². The average Bonchev–Trinajstić information content (AvgIpc) is 2.95. The first kappa shape index (κ1) is 14.9. The van der Waals surface area contributed by atoms with Crippen molar-refractivity contribution in [2.45, 2.75) is 32.6 Å². The fourth-order valence-corrected chi connectivity index (χ4v) is 3.41. The van der Waals surface area contributed by atoms with Gasteiger partial charge in [0.2, 0.25) is 5.95 Å². The number of nitrogens with zero attached hydrogens (tertiary/aromatic N) is 5. The van der Waals surface area contributed by atoms with E-state index in [1.165, 1.54) is 0 Å². The highest BCUT2D eigenvalue weighted by molar-refractivity contribution is 5.85. The molecule has 1 fully saturated rings. The van der Waals surface area contributed by atoms with Crippen LogP contribution in [0.5, 0.6) is 0 Å². The van der Waals surface area contributed by atoms with E-state index in [1.807, 2.05) is 26.0 Å². The maximum Gasteiger partial charge on any atom is 0.225 e. The summed E-state index contributed by atoms with van der Waals surface area (Å²) in [5, 5.41) is 7.84. The average molecular weight is 323 g/mol. The summed E-state index contributed by atoms with van der Waals surface area (Å²) < 4.78 is 0. The molecule has 0 unspecified atom stereocenters. The van der Waals surface area contributed by atoms with Crippen molar-refractivity contribution in [3.63, 3.8) is 0 Å². The molecule has 0 saturated carbocycles. The largest absolute Gasteiger partial charge is 0.384 e. The van der Waals surface area contributed by atoms with Gasteiger partial charge in [-0.2, -0.15) is 5.10 Å². The molecule has 0 bridgehead atoms. The van der Waals surface area contributed by atoms with E-state index in [2.05, 4.69) is 31.1 Å². The molecule has 3 aromatic heterocycles. The van der Waals surface area contributed by atoms with Crippen LogP contribution < -0.4 is 10.6 Å². The van der Waals surface area contributed by atoms with Gasteiger partial charge in [0.1, 0.15) is 5.82 Å². The number of hydrogen-bond donors (Lipinski definition) is 2. The molecule has 4 rings (SSSR count). The fourth-order valence-electron chi connectivity index (χ4n) is 3.41. The maximum atomic E-state index is 5.85. The first-order valence-corrected chi connectivity index (χ1v) is 8.28. The molecule has 0 radical (unpaired) electrons. The molecule has 0 amide bonds. The summed E-state index contributed by atoms with van der Waals surface area (Å²) in [4.78, 5) is 16.2. The van der Waals surface area contributed by atoms with Gasteiger partial charge >= 0.3 is 0 Å². The van der Waals surface area contributed by atoms with Crippen LogP contribution in [0.15, 0.2) is 18.2 Å². The van der Waals surface area contributed by atoms with E-state index >= 15 is 0 Å². The number of nitrogens with two attached hydrogens (primary N) is 1. The standard InChI is InChI=1S/C17H21N7/c1-10-8-11(2)20-17(19-10)24-7-3-4-12(9-24)14-6-5-13-15(18)22-23-16(13)21-14/h5-6,8,12H,3-4,7,9H2,1-2H3,(H3,18,21,22,23)/t12-/m0/s1. The number of piperidine rings is 1. The van der Waals surface area contributed by atoms with Gasteiger partial charge in [0.15, 0.2) is 5.65 Å². The van der Waals surface area contributed by atoms with E-state index in [0.29, 0.717) is 17.4 Å². The highest BCUT2D eigenvalue weighted by Gasteiger charge is 2.24. The van der Waals surface area contributed by atoms with Crippen molar-refractivity contribution in [3.05, 3.63) is 35.3 Å². The van der Waals surface area contributed by atoms with Gasteiger partial charge in [-0.3, -0.25) is 5.10 Å². The Labute approximate surface area is 140 Å².